The molecule has 0 spiro atoms. The molecule has 3 amide bonds. The van der Waals surface area contributed by atoms with E-state index in [0.717, 1.165) is 4.47 Å². The fourth-order valence-electron chi connectivity index (χ4n) is 2.51. The quantitative estimate of drug-likeness (QED) is 0.706. The van der Waals surface area contributed by atoms with Gasteiger partial charge in [0.2, 0.25) is 5.91 Å². The molecule has 0 radical (unpaired) electrons. The van der Waals surface area contributed by atoms with Gasteiger partial charge in [-0.25, -0.2) is 9.40 Å². The second-order valence-electron chi connectivity index (χ2n) is 6.04. The highest BCUT2D eigenvalue weighted by Crippen LogP contribution is 2.14. The Morgan fingerprint density at radius 3 is 2.32 bits per heavy atom. The Hall–Kier alpha value is -3.07. The van der Waals surface area contributed by atoms with Gasteiger partial charge >= 0.3 is 0 Å². The van der Waals surface area contributed by atoms with E-state index in [1.807, 2.05) is 0 Å². The molecule has 0 bridgehead atoms. The predicted octanol–water partition coefficient (Wildman–Crippen LogP) is 2.53. The number of halogens is 2. The number of rotatable bonds is 4. The lowest BCUT2D eigenvalue weighted by Crippen LogP contribution is -2.46. The number of amides is 3. The third-order valence-electron chi connectivity index (χ3n) is 4.01. The minimum absolute atomic E-state index is 0.119. The van der Waals surface area contributed by atoms with Crippen molar-refractivity contribution in [1.29, 1.82) is 0 Å². The molecule has 2 aromatic rings. The SMILES string of the molecule is O=C(NNC(=O)c1ccc(Br)cc1)C1=NN(Cc2ccc(F)cc2)C(=O)CC1. The highest BCUT2D eigenvalue weighted by molar-refractivity contribution is 9.10. The van der Waals surface area contributed by atoms with E-state index in [9.17, 15) is 18.8 Å². The lowest BCUT2D eigenvalue weighted by Gasteiger charge is -2.23. The number of hydrazone groups is 1. The standard InChI is InChI=1S/C19H16BrFN4O3/c20-14-5-3-13(4-6-14)18(27)22-23-19(28)16-9-10-17(26)25(24-16)11-12-1-7-15(21)8-2-12/h1-8H,9-11H2,(H,22,27)(H,23,28). The zero-order chi connectivity index (χ0) is 20.1. The van der Waals surface area contributed by atoms with E-state index < -0.39 is 11.8 Å². The first kappa shape index (κ1) is 19.7. The monoisotopic (exact) mass is 446 g/mol. The highest BCUT2D eigenvalue weighted by Gasteiger charge is 2.25. The third kappa shape index (κ3) is 5.01. The zero-order valence-corrected chi connectivity index (χ0v) is 16.2. The molecule has 7 nitrogen and oxygen atoms in total. The van der Waals surface area contributed by atoms with Gasteiger partial charge in [-0.1, -0.05) is 28.1 Å². The van der Waals surface area contributed by atoms with Crippen LogP contribution in [0.4, 0.5) is 4.39 Å². The van der Waals surface area contributed by atoms with Crippen LogP contribution < -0.4 is 10.9 Å². The minimum atomic E-state index is -0.595. The van der Waals surface area contributed by atoms with Crippen molar-refractivity contribution in [1.82, 2.24) is 15.9 Å². The fraction of sp³-hybridized carbons (Fsp3) is 0.158. The maximum Gasteiger partial charge on any atom is 0.285 e. The Bertz CT molecular complexity index is 929. The second-order valence-corrected chi connectivity index (χ2v) is 6.96. The molecule has 1 heterocycles. The molecule has 0 aromatic heterocycles. The van der Waals surface area contributed by atoms with E-state index in [0.29, 0.717) is 11.1 Å². The lowest BCUT2D eigenvalue weighted by molar-refractivity contribution is -0.132. The first-order valence-electron chi connectivity index (χ1n) is 8.41. The summed E-state index contributed by atoms with van der Waals surface area (Å²) in [5, 5.41) is 5.25. The van der Waals surface area contributed by atoms with E-state index >= 15 is 0 Å². The number of nitrogens with zero attached hydrogens (tertiary/aromatic N) is 2. The molecule has 1 aliphatic rings. The van der Waals surface area contributed by atoms with Crippen molar-refractivity contribution in [3.63, 3.8) is 0 Å². The predicted molar refractivity (Wildman–Crippen MR) is 103 cm³/mol. The molecule has 0 aliphatic carbocycles. The molecular formula is C19H16BrFN4O3. The van der Waals surface area contributed by atoms with Crippen molar-refractivity contribution in [2.45, 2.75) is 19.4 Å². The number of carbonyl (C=O) groups excluding carboxylic acids is 3. The summed E-state index contributed by atoms with van der Waals surface area (Å²) in [4.78, 5) is 36.4. The molecule has 28 heavy (non-hydrogen) atoms. The van der Waals surface area contributed by atoms with Crippen LogP contribution in [-0.2, 0) is 16.1 Å². The summed E-state index contributed by atoms with van der Waals surface area (Å²) < 4.78 is 13.8. The Labute approximate surface area is 168 Å². The maximum absolute atomic E-state index is 13.0. The Morgan fingerprint density at radius 1 is 1.00 bits per heavy atom. The molecule has 144 valence electrons. The molecule has 9 heteroatoms. The van der Waals surface area contributed by atoms with Crippen LogP contribution in [0.1, 0.15) is 28.8 Å². The largest absolute Gasteiger partial charge is 0.285 e. The molecule has 2 aromatic carbocycles. The number of hydrogen-bond acceptors (Lipinski definition) is 4. The van der Waals surface area contributed by atoms with Gasteiger partial charge in [-0.2, -0.15) is 5.10 Å². The second kappa shape index (κ2) is 8.75. The topological polar surface area (TPSA) is 90.9 Å². The summed E-state index contributed by atoms with van der Waals surface area (Å²) in [6.07, 6.45) is 0.285. The van der Waals surface area contributed by atoms with Crippen molar-refractivity contribution in [2.24, 2.45) is 5.10 Å². The summed E-state index contributed by atoms with van der Waals surface area (Å²) in [5.74, 6) is -1.68. The van der Waals surface area contributed by atoms with Gasteiger partial charge < -0.3 is 0 Å². The normalized spacial score (nSPS) is 13.7. The Morgan fingerprint density at radius 2 is 1.64 bits per heavy atom. The van der Waals surface area contributed by atoms with E-state index in [1.54, 1.807) is 36.4 Å². The van der Waals surface area contributed by atoms with Crippen molar-refractivity contribution >= 4 is 39.4 Å². The van der Waals surface area contributed by atoms with Gasteiger partial charge in [0.15, 0.2) is 0 Å². The van der Waals surface area contributed by atoms with E-state index in [4.69, 9.17) is 0 Å². The van der Waals surface area contributed by atoms with Crippen LogP contribution in [0, 0.1) is 5.82 Å². The van der Waals surface area contributed by atoms with Gasteiger partial charge in [0.25, 0.3) is 11.8 Å². The summed E-state index contributed by atoms with van der Waals surface area (Å²) in [5.41, 5.74) is 5.81. The summed E-state index contributed by atoms with van der Waals surface area (Å²) in [6, 6.07) is 12.3. The van der Waals surface area contributed by atoms with Crippen LogP contribution in [0.25, 0.3) is 0 Å². The average Bonchev–Trinajstić information content (AvgIpc) is 2.69. The van der Waals surface area contributed by atoms with Crippen LogP contribution in [0.5, 0.6) is 0 Å². The van der Waals surface area contributed by atoms with Gasteiger partial charge in [0.1, 0.15) is 11.5 Å². The van der Waals surface area contributed by atoms with Crippen molar-refractivity contribution in [3.8, 4) is 0 Å². The number of nitrogens with one attached hydrogen (secondary N) is 2. The first-order chi connectivity index (χ1) is 13.4. The number of hydrogen-bond donors (Lipinski definition) is 2. The van der Waals surface area contributed by atoms with Gasteiger partial charge in [-0.05, 0) is 42.0 Å². The molecule has 0 saturated heterocycles. The summed E-state index contributed by atoms with van der Waals surface area (Å²) >= 11 is 3.28. The average molecular weight is 447 g/mol. The van der Waals surface area contributed by atoms with Gasteiger partial charge in [0.05, 0.1) is 6.54 Å². The van der Waals surface area contributed by atoms with Gasteiger partial charge in [-0.3, -0.25) is 25.2 Å². The van der Waals surface area contributed by atoms with E-state index in [1.165, 1.54) is 17.1 Å². The number of carbonyl (C=O) groups is 3. The Kier molecular flexibility index (Phi) is 6.15. The zero-order valence-electron chi connectivity index (χ0n) is 14.6. The lowest BCUT2D eigenvalue weighted by atomic mass is 10.1. The van der Waals surface area contributed by atoms with E-state index in [-0.39, 0.29) is 36.8 Å². The highest BCUT2D eigenvalue weighted by atomic mass is 79.9. The molecule has 0 atom stereocenters. The molecule has 0 unspecified atom stereocenters. The maximum atomic E-state index is 13.0. The summed E-state index contributed by atoms with van der Waals surface area (Å²) in [6.45, 7) is 0.126. The molecule has 0 saturated carbocycles. The van der Waals surface area contributed by atoms with Crippen LogP contribution in [-0.4, -0.2) is 28.4 Å². The van der Waals surface area contributed by atoms with Gasteiger partial charge in [-0.15, -0.1) is 0 Å². The molecule has 1 aliphatic heterocycles. The van der Waals surface area contributed by atoms with E-state index in [2.05, 4.69) is 31.9 Å². The fourth-order valence-corrected chi connectivity index (χ4v) is 2.77. The van der Waals surface area contributed by atoms with Crippen molar-refractivity contribution in [2.75, 3.05) is 0 Å². The van der Waals surface area contributed by atoms with Crippen LogP contribution in [0.3, 0.4) is 0 Å². The van der Waals surface area contributed by atoms with Crippen LogP contribution >= 0.6 is 15.9 Å². The van der Waals surface area contributed by atoms with Gasteiger partial charge in [0, 0.05) is 22.9 Å². The third-order valence-corrected chi connectivity index (χ3v) is 4.54. The number of hydrazine groups is 1. The number of benzene rings is 2. The van der Waals surface area contributed by atoms with Crippen molar-refractivity contribution in [3.05, 3.63) is 69.9 Å². The van der Waals surface area contributed by atoms with Crippen LogP contribution in [0.2, 0.25) is 0 Å². The molecule has 3 rings (SSSR count). The molecule has 0 fully saturated rings. The minimum Gasteiger partial charge on any atom is -0.273 e. The van der Waals surface area contributed by atoms with Crippen molar-refractivity contribution < 1.29 is 18.8 Å². The smallest absolute Gasteiger partial charge is 0.273 e. The first-order valence-corrected chi connectivity index (χ1v) is 9.20. The van der Waals surface area contributed by atoms with Crippen LogP contribution in [0.15, 0.2) is 58.1 Å². The summed E-state index contributed by atoms with van der Waals surface area (Å²) in [7, 11) is 0. The Balaban J connectivity index is 1.61. The molecule has 2 N–H and O–H groups in total. The molecular weight excluding hydrogens is 431 g/mol.